The first-order valence-corrected chi connectivity index (χ1v) is 7.72. The van der Waals surface area contributed by atoms with Gasteiger partial charge in [0.25, 0.3) is 5.91 Å². The number of alkyl halides is 3. The molecule has 3 heterocycles. The highest BCUT2D eigenvalue weighted by Crippen LogP contribution is 2.32. The quantitative estimate of drug-likeness (QED) is 0.889. The lowest BCUT2D eigenvalue weighted by Gasteiger charge is -2.32. The predicted molar refractivity (Wildman–Crippen MR) is 82.5 cm³/mol. The fraction of sp³-hybridized carbons (Fsp3) is 0.467. The van der Waals surface area contributed by atoms with E-state index in [9.17, 15) is 18.0 Å². The molecule has 7 nitrogen and oxygen atoms in total. The van der Waals surface area contributed by atoms with Gasteiger partial charge in [-0.3, -0.25) is 4.79 Å². The number of halogens is 3. The number of aryl methyl sites for hydroxylation is 1. The van der Waals surface area contributed by atoms with E-state index in [1.165, 1.54) is 24.1 Å². The van der Waals surface area contributed by atoms with E-state index in [4.69, 9.17) is 5.73 Å². The first-order valence-electron chi connectivity index (χ1n) is 7.72. The highest BCUT2D eigenvalue weighted by molar-refractivity contribution is 5.98. The number of nitrogen functional groups attached to an aromatic ring is 1. The number of nitrogens with zero attached hydrogens (tertiary/aromatic N) is 5. The Labute approximate surface area is 141 Å². The van der Waals surface area contributed by atoms with E-state index in [-0.39, 0.29) is 29.8 Å². The molecule has 1 saturated heterocycles. The number of piperidine rings is 1. The Morgan fingerprint density at radius 1 is 1.40 bits per heavy atom. The van der Waals surface area contributed by atoms with Gasteiger partial charge in [-0.25, -0.2) is 15.0 Å². The van der Waals surface area contributed by atoms with Crippen molar-refractivity contribution in [1.29, 1.82) is 0 Å². The summed E-state index contributed by atoms with van der Waals surface area (Å²) in [7, 11) is 1.53. The summed E-state index contributed by atoms with van der Waals surface area (Å²) in [6.07, 6.45) is 0.397. The summed E-state index contributed by atoms with van der Waals surface area (Å²) < 4.78 is 39.9. The minimum atomic E-state index is -4.49. The van der Waals surface area contributed by atoms with E-state index >= 15 is 0 Å². The van der Waals surface area contributed by atoms with Crippen LogP contribution < -0.4 is 5.73 Å². The Balaban J connectivity index is 1.81. The molecule has 0 aromatic carbocycles. The minimum absolute atomic E-state index is 0.0819. The Morgan fingerprint density at radius 3 is 2.80 bits per heavy atom. The summed E-state index contributed by atoms with van der Waals surface area (Å²) >= 11 is 0. The number of carbonyl (C=O) groups excluding carboxylic acids is 1. The standard InChI is InChI=1S/C15H17F3N6O/c1-23-7-11(15(16,17)18)22-13(23)9-3-2-4-24(6-9)14(25)10-5-20-8-21-12(10)19/h5,7-9H,2-4,6H2,1H3,(H2,19,20,21). The van der Waals surface area contributed by atoms with E-state index in [0.717, 1.165) is 6.20 Å². The summed E-state index contributed by atoms with van der Waals surface area (Å²) in [5, 5.41) is 0. The Morgan fingerprint density at radius 2 is 2.16 bits per heavy atom. The molecule has 0 radical (unpaired) electrons. The second-order valence-corrected chi connectivity index (χ2v) is 6.00. The summed E-state index contributed by atoms with van der Waals surface area (Å²) in [5.41, 5.74) is 4.98. The van der Waals surface area contributed by atoms with Crippen molar-refractivity contribution >= 4 is 11.7 Å². The van der Waals surface area contributed by atoms with Crippen LogP contribution in [0.25, 0.3) is 0 Å². The molecule has 25 heavy (non-hydrogen) atoms. The van der Waals surface area contributed by atoms with Crippen molar-refractivity contribution in [1.82, 2.24) is 24.4 Å². The van der Waals surface area contributed by atoms with Crippen molar-refractivity contribution in [2.45, 2.75) is 24.9 Å². The van der Waals surface area contributed by atoms with E-state index in [1.807, 2.05) is 0 Å². The molecule has 1 aliphatic heterocycles. The van der Waals surface area contributed by atoms with Crippen molar-refractivity contribution in [2.24, 2.45) is 7.05 Å². The lowest BCUT2D eigenvalue weighted by atomic mass is 9.96. The molecule has 1 aliphatic rings. The van der Waals surface area contributed by atoms with Crippen LogP contribution in [0.15, 0.2) is 18.7 Å². The molecule has 1 atom stereocenters. The highest BCUT2D eigenvalue weighted by Gasteiger charge is 2.36. The highest BCUT2D eigenvalue weighted by atomic mass is 19.4. The second-order valence-electron chi connectivity index (χ2n) is 6.00. The van der Waals surface area contributed by atoms with E-state index in [2.05, 4.69) is 15.0 Å². The molecule has 0 saturated carbocycles. The molecule has 0 aliphatic carbocycles. The molecular formula is C15H17F3N6O. The molecule has 1 unspecified atom stereocenters. The van der Waals surface area contributed by atoms with Gasteiger partial charge in [0.2, 0.25) is 0 Å². The number of aromatic nitrogens is 4. The molecule has 2 N–H and O–H groups in total. The van der Waals surface area contributed by atoms with Gasteiger partial charge in [-0.05, 0) is 12.8 Å². The number of amides is 1. The Bertz CT molecular complexity index is 788. The smallest absolute Gasteiger partial charge is 0.383 e. The fourth-order valence-electron chi connectivity index (χ4n) is 3.04. The molecule has 3 rings (SSSR count). The summed E-state index contributed by atoms with van der Waals surface area (Å²) in [5.74, 6) is -0.196. The van der Waals surface area contributed by atoms with Crippen LogP contribution in [0.5, 0.6) is 0 Å². The van der Waals surface area contributed by atoms with Crippen molar-refractivity contribution in [3.63, 3.8) is 0 Å². The zero-order valence-electron chi connectivity index (χ0n) is 13.5. The van der Waals surface area contributed by atoms with Gasteiger partial charge in [-0.1, -0.05) is 0 Å². The third-order valence-corrected chi connectivity index (χ3v) is 4.25. The third kappa shape index (κ3) is 3.42. The van der Waals surface area contributed by atoms with Crippen LogP contribution in [0.1, 0.15) is 40.6 Å². The average Bonchev–Trinajstić information content (AvgIpc) is 2.97. The maximum atomic E-state index is 12.9. The van der Waals surface area contributed by atoms with Crippen LogP contribution in [0.2, 0.25) is 0 Å². The van der Waals surface area contributed by atoms with Gasteiger partial charge in [-0.2, -0.15) is 13.2 Å². The number of hydrogen-bond acceptors (Lipinski definition) is 5. The summed E-state index contributed by atoms with van der Waals surface area (Å²) in [6, 6.07) is 0. The number of likely N-dealkylation sites (tertiary alicyclic amines) is 1. The van der Waals surface area contributed by atoms with Gasteiger partial charge in [0.1, 0.15) is 18.0 Å². The Hall–Kier alpha value is -2.65. The number of hydrogen-bond donors (Lipinski definition) is 1. The molecule has 1 fully saturated rings. The normalized spacial score (nSPS) is 18.4. The first kappa shape index (κ1) is 17.2. The van der Waals surface area contributed by atoms with Crippen molar-refractivity contribution < 1.29 is 18.0 Å². The van der Waals surface area contributed by atoms with Gasteiger partial charge in [0.05, 0.1) is 5.56 Å². The van der Waals surface area contributed by atoms with E-state index in [0.29, 0.717) is 25.2 Å². The largest absolute Gasteiger partial charge is 0.434 e. The van der Waals surface area contributed by atoms with Gasteiger partial charge >= 0.3 is 6.18 Å². The van der Waals surface area contributed by atoms with Gasteiger partial charge in [0.15, 0.2) is 5.69 Å². The second kappa shape index (κ2) is 6.34. The van der Waals surface area contributed by atoms with Crippen LogP contribution in [0, 0.1) is 0 Å². The van der Waals surface area contributed by atoms with Gasteiger partial charge in [0, 0.05) is 38.4 Å². The van der Waals surface area contributed by atoms with Crippen LogP contribution >= 0.6 is 0 Å². The molecule has 2 aromatic rings. The predicted octanol–water partition coefficient (Wildman–Crippen LogP) is 1.83. The Kier molecular flexibility index (Phi) is 4.36. The number of carbonyl (C=O) groups is 1. The monoisotopic (exact) mass is 354 g/mol. The lowest BCUT2D eigenvalue weighted by Crippen LogP contribution is -2.40. The molecule has 0 bridgehead atoms. The SMILES string of the molecule is Cn1cc(C(F)(F)F)nc1C1CCCN(C(=O)c2cncnc2N)C1. The number of anilines is 1. The topological polar surface area (TPSA) is 89.9 Å². The van der Waals surface area contributed by atoms with E-state index < -0.39 is 11.9 Å². The third-order valence-electron chi connectivity index (χ3n) is 4.25. The zero-order valence-corrected chi connectivity index (χ0v) is 13.5. The van der Waals surface area contributed by atoms with Crippen molar-refractivity contribution in [3.8, 4) is 0 Å². The number of rotatable bonds is 2. The number of imidazole rings is 1. The molecule has 2 aromatic heterocycles. The first-order chi connectivity index (χ1) is 11.8. The molecule has 1 amide bonds. The molecule has 134 valence electrons. The van der Waals surface area contributed by atoms with Crippen LogP contribution in [-0.4, -0.2) is 43.4 Å². The van der Waals surface area contributed by atoms with Crippen LogP contribution in [-0.2, 0) is 13.2 Å². The number of nitrogens with two attached hydrogens (primary N) is 1. The zero-order chi connectivity index (χ0) is 18.2. The van der Waals surface area contributed by atoms with Crippen molar-refractivity contribution in [3.05, 3.63) is 35.8 Å². The van der Waals surface area contributed by atoms with Crippen LogP contribution in [0.3, 0.4) is 0 Å². The minimum Gasteiger partial charge on any atom is -0.383 e. The van der Waals surface area contributed by atoms with Crippen LogP contribution in [0.4, 0.5) is 19.0 Å². The summed E-state index contributed by atoms with van der Waals surface area (Å²) in [4.78, 5) is 25.5. The average molecular weight is 354 g/mol. The molecular weight excluding hydrogens is 337 g/mol. The maximum absolute atomic E-state index is 12.9. The molecule has 10 heteroatoms. The van der Waals surface area contributed by atoms with Gasteiger partial charge in [-0.15, -0.1) is 0 Å². The molecule has 0 spiro atoms. The van der Waals surface area contributed by atoms with Crippen molar-refractivity contribution in [2.75, 3.05) is 18.8 Å². The fourth-order valence-corrected chi connectivity index (χ4v) is 3.04. The summed E-state index contributed by atoms with van der Waals surface area (Å²) in [6.45, 7) is 0.773. The maximum Gasteiger partial charge on any atom is 0.434 e. The lowest BCUT2D eigenvalue weighted by molar-refractivity contribution is -0.141. The van der Waals surface area contributed by atoms with E-state index in [1.54, 1.807) is 4.90 Å². The van der Waals surface area contributed by atoms with Gasteiger partial charge < -0.3 is 15.2 Å².